The van der Waals surface area contributed by atoms with Crippen molar-refractivity contribution >= 4 is 11.7 Å². The van der Waals surface area contributed by atoms with Gasteiger partial charge in [0.2, 0.25) is 0 Å². The Hall–Kier alpha value is -1.69. The first-order valence-corrected chi connectivity index (χ1v) is 5.48. The Kier molecular flexibility index (Phi) is 4.61. The molecule has 6 heteroatoms. The third-order valence-electron chi connectivity index (χ3n) is 2.52. The van der Waals surface area contributed by atoms with Crippen molar-refractivity contribution in [1.82, 2.24) is 0 Å². The molecule has 0 heterocycles. The van der Waals surface area contributed by atoms with Gasteiger partial charge in [-0.15, -0.1) is 0 Å². The van der Waals surface area contributed by atoms with Crippen LogP contribution in [0, 0.1) is 11.6 Å². The lowest BCUT2D eigenvalue weighted by molar-refractivity contribution is 0.0695. The van der Waals surface area contributed by atoms with E-state index in [1.165, 1.54) is 4.90 Å². The number of carbonyl (C=O) groups is 1. The summed E-state index contributed by atoms with van der Waals surface area (Å²) in [6, 6.07) is 1.32. The zero-order valence-corrected chi connectivity index (χ0v) is 10.2. The Bertz CT molecular complexity index is 426. The van der Waals surface area contributed by atoms with Gasteiger partial charge in [0.15, 0.2) is 0 Å². The Morgan fingerprint density at radius 2 is 1.83 bits per heavy atom. The Morgan fingerprint density at radius 1 is 1.33 bits per heavy atom. The molecule has 4 nitrogen and oxygen atoms in total. The van der Waals surface area contributed by atoms with Gasteiger partial charge in [0.25, 0.3) is 0 Å². The second-order valence-electron chi connectivity index (χ2n) is 4.10. The van der Waals surface area contributed by atoms with Gasteiger partial charge in [0, 0.05) is 12.6 Å². The first-order valence-electron chi connectivity index (χ1n) is 5.48. The fourth-order valence-electron chi connectivity index (χ4n) is 1.70. The van der Waals surface area contributed by atoms with Crippen LogP contribution in [0.15, 0.2) is 12.1 Å². The third kappa shape index (κ3) is 2.95. The van der Waals surface area contributed by atoms with Gasteiger partial charge < -0.3 is 15.1 Å². The van der Waals surface area contributed by atoms with Crippen molar-refractivity contribution in [2.24, 2.45) is 0 Å². The number of carboxylic acid groups (broad SMARTS) is 1. The number of halogens is 2. The summed E-state index contributed by atoms with van der Waals surface area (Å²) in [4.78, 5) is 12.0. The van der Waals surface area contributed by atoms with E-state index >= 15 is 0 Å². The van der Waals surface area contributed by atoms with Gasteiger partial charge in [0.1, 0.15) is 17.3 Å². The highest BCUT2D eigenvalue weighted by Crippen LogP contribution is 2.26. The number of aromatic carboxylic acids is 1. The van der Waals surface area contributed by atoms with Crippen LogP contribution in [-0.4, -0.2) is 35.4 Å². The zero-order valence-electron chi connectivity index (χ0n) is 10.2. The molecule has 0 aromatic heterocycles. The first-order chi connectivity index (χ1) is 8.38. The largest absolute Gasteiger partial charge is 0.478 e. The highest BCUT2D eigenvalue weighted by molar-refractivity contribution is 5.88. The lowest BCUT2D eigenvalue weighted by Crippen LogP contribution is -2.35. The molecule has 0 spiro atoms. The molecule has 1 aromatic carbocycles. The molecule has 0 unspecified atom stereocenters. The quantitative estimate of drug-likeness (QED) is 0.847. The van der Waals surface area contributed by atoms with E-state index in [-0.39, 0.29) is 24.9 Å². The molecular weight excluding hydrogens is 244 g/mol. The van der Waals surface area contributed by atoms with Crippen molar-refractivity contribution in [3.05, 3.63) is 29.3 Å². The van der Waals surface area contributed by atoms with Crippen LogP contribution in [0.4, 0.5) is 14.5 Å². The van der Waals surface area contributed by atoms with Gasteiger partial charge in [-0.3, -0.25) is 0 Å². The minimum absolute atomic E-state index is 0.0674. The molecule has 100 valence electrons. The number of hydrogen-bond acceptors (Lipinski definition) is 3. The van der Waals surface area contributed by atoms with Crippen molar-refractivity contribution in [2.45, 2.75) is 19.9 Å². The summed E-state index contributed by atoms with van der Waals surface area (Å²) >= 11 is 0. The van der Waals surface area contributed by atoms with Crippen LogP contribution >= 0.6 is 0 Å². The molecule has 1 aromatic rings. The van der Waals surface area contributed by atoms with Crippen LogP contribution in [0.5, 0.6) is 0 Å². The average molecular weight is 259 g/mol. The number of carboxylic acids is 1. The molecule has 18 heavy (non-hydrogen) atoms. The Morgan fingerprint density at radius 3 is 2.17 bits per heavy atom. The summed E-state index contributed by atoms with van der Waals surface area (Å²) in [7, 11) is 0. The van der Waals surface area contributed by atoms with Gasteiger partial charge >= 0.3 is 5.97 Å². The van der Waals surface area contributed by atoms with Gasteiger partial charge in [0.05, 0.1) is 12.2 Å². The van der Waals surface area contributed by atoms with Crippen LogP contribution < -0.4 is 4.90 Å². The number of aliphatic hydroxyl groups excluding tert-OH is 1. The number of hydrogen-bond donors (Lipinski definition) is 2. The summed E-state index contributed by atoms with van der Waals surface area (Å²) < 4.78 is 27.6. The van der Waals surface area contributed by atoms with Gasteiger partial charge in [-0.25, -0.2) is 13.6 Å². The summed E-state index contributed by atoms with van der Waals surface area (Å²) in [5.74, 6) is -3.29. The summed E-state index contributed by atoms with van der Waals surface area (Å²) in [6.07, 6.45) is 0. The van der Waals surface area contributed by atoms with Crippen molar-refractivity contribution in [3.63, 3.8) is 0 Å². The number of rotatable bonds is 5. The Balaban J connectivity index is 3.27. The monoisotopic (exact) mass is 259 g/mol. The predicted octanol–water partition coefficient (Wildman–Crippen LogP) is 1.87. The highest BCUT2D eigenvalue weighted by Gasteiger charge is 2.21. The maximum absolute atomic E-state index is 13.8. The molecule has 0 saturated carbocycles. The van der Waals surface area contributed by atoms with E-state index in [1.807, 2.05) is 0 Å². The summed E-state index contributed by atoms with van der Waals surface area (Å²) in [5, 5.41) is 17.6. The summed E-state index contributed by atoms with van der Waals surface area (Å²) in [5.41, 5.74) is -0.759. The first kappa shape index (κ1) is 14.4. The van der Waals surface area contributed by atoms with Crippen molar-refractivity contribution in [2.75, 3.05) is 18.1 Å². The second-order valence-corrected chi connectivity index (χ2v) is 4.10. The molecule has 0 atom stereocenters. The van der Waals surface area contributed by atoms with E-state index in [1.54, 1.807) is 13.8 Å². The normalized spacial score (nSPS) is 10.8. The lowest BCUT2D eigenvalue weighted by atomic mass is 10.1. The number of nitrogens with zero attached hydrogens (tertiary/aromatic N) is 1. The number of aliphatic hydroxyl groups is 1. The highest BCUT2D eigenvalue weighted by atomic mass is 19.1. The maximum atomic E-state index is 13.8. The lowest BCUT2D eigenvalue weighted by Gasteiger charge is -2.29. The molecule has 2 N–H and O–H groups in total. The SMILES string of the molecule is CC(C)N(CCO)c1c(F)cc(C(=O)O)cc1F. The number of anilines is 1. The van der Waals surface area contributed by atoms with E-state index in [0.29, 0.717) is 0 Å². The fourth-order valence-corrected chi connectivity index (χ4v) is 1.70. The Labute approximate surface area is 103 Å². The molecular formula is C12H15F2NO3. The minimum Gasteiger partial charge on any atom is -0.478 e. The van der Waals surface area contributed by atoms with Crippen LogP contribution in [0.1, 0.15) is 24.2 Å². The van der Waals surface area contributed by atoms with Crippen LogP contribution in [-0.2, 0) is 0 Å². The van der Waals surface area contributed by atoms with E-state index in [9.17, 15) is 13.6 Å². The molecule has 1 rings (SSSR count). The minimum atomic E-state index is -1.39. The summed E-state index contributed by atoms with van der Waals surface area (Å²) in [6.45, 7) is 3.26. The molecule has 0 amide bonds. The fraction of sp³-hybridized carbons (Fsp3) is 0.417. The van der Waals surface area contributed by atoms with E-state index in [2.05, 4.69) is 0 Å². The smallest absolute Gasteiger partial charge is 0.335 e. The third-order valence-corrected chi connectivity index (χ3v) is 2.52. The van der Waals surface area contributed by atoms with Crippen LogP contribution in [0.3, 0.4) is 0 Å². The van der Waals surface area contributed by atoms with Crippen LogP contribution in [0.2, 0.25) is 0 Å². The van der Waals surface area contributed by atoms with Crippen molar-refractivity contribution in [3.8, 4) is 0 Å². The van der Waals surface area contributed by atoms with Crippen molar-refractivity contribution in [1.29, 1.82) is 0 Å². The maximum Gasteiger partial charge on any atom is 0.335 e. The van der Waals surface area contributed by atoms with Crippen molar-refractivity contribution < 1.29 is 23.8 Å². The molecule has 0 radical (unpaired) electrons. The topological polar surface area (TPSA) is 60.8 Å². The average Bonchev–Trinajstić information content (AvgIpc) is 2.26. The van der Waals surface area contributed by atoms with E-state index in [0.717, 1.165) is 12.1 Å². The number of benzene rings is 1. The van der Waals surface area contributed by atoms with E-state index < -0.39 is 23.2 Å². The molecule has 0 bridgehead atoms. The zero-order chi connectivity index (χ0) is 13.9. The van der Waals surface area contributed by atoms with E-state index in [4.69, 9.17) is 10.2 Å². The standard InChI is InChI=1S/C12H15F2NO3/c1-7(2)15(3-4-16)11-9(13)5-8(12(17)18)6-10(11)14/h5-7,16H,3-4H2,1-2H3,(H,17,18). The molecule has 0 fully saturated rings. The molecule has 0 aliphatic heterocycles. The second kappa shape index (κ2) is 5.77. The predicted molar refractivity (Wildman–Crippen MR) is 62.9 cm³/mol. The molecule has 0 aliphatic rings. The van der Waals surface area contributed by atoms with Gasteiger partial charge in [-0.1, -0.05) is 0 Å². The van der Waals surface area contributed by atoms with Gasteiger partial charge in [-0.2, -0.15) is 0 Å². The van der Waals surface area contributed by atoms with Crippen LogP contribution in [0.25, 0.3) is 0 Å². The molecule has 0 aliphatic carbocycles. The molecule has 0 saturated heterocycles. The van der Waals surface area contributed by atoms with Gasteiger partial charge in [-0.05, 0) is 26.0 Å².